The van der Waals surface area contributed by atoms with Crippen LogP contribution < -0.4 is 10.6 Å². The van der Waals surface area contributed by atoms with Crippen molar-refractivity contribution in [1.29, 1.82) is 0 Å². The molecule has 2 aromatic rings. The minimum absolute atomic E-state index is 0.119. The SMILES string of the molecule is O=C(COC(=O)c1cc([N+](=O)[O-])ccc1NCCO)Nc1ccc(Cl)cc1Cl. The standard InChI is InChI=1S/C17H15Cl2N3O6/c18-10-1-3-15(13(19)7-10)21-16(24)9-28-17(25)12-8-11(22(26)27)2-4-14(12)20-5-6-23/h1-4,7-8,20,23H,5-6,9H2,(H,21,24). The van der Waals surface area contributed by atoms with Gasteiger partial charge in [-0.05, 0) is 24.3 Å². The molecule has 11 heteroatoms. The summed E-state index contributed by atoms with van der Waals surface area (Å²) in [4.78, 5) is 34.6. The summed E-state index contributed by atoms with van der Waals surface area (Å²) in [5.41, 5.74) is 0.0532. The number of rotatable bonds is 8. The predicted molar refractivity (Wildman–Crippen MR) is 104 cm³/mol. The largest absolute Gasteiger partial charge is 0.452 e. The first-order chi connectivity index (χ1) is 13.3. The molecule has 28 heavy (non-hydrogen) atoms. The van der Waals surface area contributed by atoms with Crippen LogP contribution in [0.15, 0.2) is 36.4 Å². The van der Waals surface area contributed by atoms with Crippen molar-refractivity contribution < 1.29 is 24.4 Å². The van der Waals surface area contributed by atoms with Gasteiger partial charge in [0.2, 0.25) is 0 Å². The Morgan fingerprint density at radius 1 is 1.14 bits per heavy atom. The van der Waals surface area contributed by atoms with Crippen LogP contribution in [-0.4, -0.2) is 41.7 Å². The summed E-state index contributed by atoms with van der Waals surface area (Å²) in [6, 6.07) is 7.99. The van der Waals surface area contributed by atoms with Crippen LogP contribution in [0.2, 0.25) is 10.0 Å². The number of benzene rings is 2. The highest BCUT2D eigenvalue weighted by atomic mass is 35.5. The second-order valence-electron chi connectivity index (χ2n) is 5.39. The summed E-state index contributed by atoms with van der Waals surface area (Å²) in [5, 5.41) is 25.6. The first-order valence-corrected chi connectivity index (χ1v) is 8.62. The van der Waals surface area contributed by atoms with Crippen molar-refractivity contribution in [1.82, 2.24) is 0 Å². The third-order valence-electron chi connectivity index (χ3n) is 3.40. The lowest BCUT2D eigenvalue weighted by Crippen LogP contribution is -2.22. The topological polar surface area (TPSA) is 131 Å². The number of non-ortho nitro benzene ring substituents is 1. The van der Waals surface area contributed by atoms with Gasteiger partial charge in [-0.25, -0.2) is 4.79 Å². The maximum Gasteiger partial charge on any atom is 0.341 e. The molecule has 0 aliphatic carbocycles. The Labute approximate surface area is 169 Å². The van der Waals surface area contributed by atoms with Crippen LogP contribution >= 0.6 is 23.2 Å². The molecule has 0 bridgehead atoms. The van der Waals surface area contributed by atoms with Gasteiger partial charge in [0.15, 0.2) is 6.61 Å². The molecule has 2 aromatic carbocycles. The molecule has 0 aliphatic heterocycles. The molecule has 0 radical (unpaired) electrons. The molecule has 0 atom stereocenters. The average molecular weight is 428 g/mol. The summed E-state index contributed by atoms with van der Waals surface area (Å²) >= 11 is 11.7. The molecule has 0 saturated heterocycles. The summed E-state index contributed by atoms with van der Waals surface area (Å²) in [6.45, 7) is -0.733. The number of aliphatic hydroxyl groups excluding tert-OH is 1. The van der Waals surface area contributed by atoms with E-state index in [9.17, 15) is 19.7 Å². The molecule has 1 amide bonds. The average Bonchev–Trinajstić information content (AvgIpc) is 2.66. The first-order valence-electron chi connectivity index (χ1n) is 7.87. The van der Waals surface area contributed by atoms with Crippen LogP contribution in [0.25, 0.3) is 0 Å². The zero-order chi connectivity index (χ0) is 20.7. The van der Waals surface area contributed by atoms with Gasteiger partial charge in [-0.3, -0.25) is 14.9 Å². The number of nitro groups is 1. The Kier molecular flexibility index (Phi) is 7.56. The van der Waals surface area contributed by atoms with Crippen LogP contribution in [0.5, 0.6) is 0 Å². The van der Waals surface area contributed by atoms with Gasteiger partial charge >= 0.3 is 5.97 Å². The molecule has 0 saturated carbocycles. The van der Waals surface area contributed by atoms with Gasteiger partial charge in [0.05, 0.1) is 27.8 Å². The number of hydrogen-bond acceptors (Lipinski definition) is 7. The van der Waals surface area contributed by atoms with Gasteiger partial charge in [0.25, 0.3) is 11.6 Å². The van der Waals surface area contributed by atoms with Crippen molar-refractivity contribution in [3.05, 3.63) is 62.1 Å². The third-order valence-corrected chi connectivity index (χ3v) is 3.95. The van der Waals surface area contributed by atoms with Crippen LogP contribution in [0, 0.1) is 10.1 Å². The van der Waals surface area contributed by atoms with Gasteiger partial charge in [-0.15, -0.1) is 0 Å². The van der Waals surface area contributed by atoms with E-state index in [1.165, 1.54) is 30.3 Å². The van der Waals surface area contributed by atoms with E-state index in [2.05, 4.69) is 10.6 Å². The van der Waals surface area contributed by atoms with Crippen molar-refractivity contribution in [2.24, 2.45) is 0 Å². The van der Waals surface area contributed by atoms with E-state index in [1.807, 2.05) is 0 Å². The van der Waals surface area contributed by atoms with Crippen LogP contribution in [0.4, 0.5) is 17.1 Å². The molecule has 148 valence electrons. The quantitative estimate of drug-likeness (QED) is 0.335. The van der Waals surface area contributed by atoms with Crippen LogP contribution in [-0.2, 0) is 9.53 Å². The van der Waals surface area contributed by atoms with Gasteiger partial charge in [-0.2, -0.15) is 0 Å². The second kappa shape index (κ2) is 9.88. The Hall–Kier alpha value is -2.88. The molecular weight excluding hydrogens is 413 g/mol. The van der Waals surface area contributed by atoms with Crippen LogP contribution in [0.3, 0.4) is 0 Å². The number of esters is 1. The summed E-state index contributed by atoms with van der Waals surface area (Å²) in [7, 11) is 0. The van der Waals surface area contributed by atoms with Crippen molar-refractivity contribution in [2.75, 3.05) is 30.4 Å². The van der Waals surface area contributed by atoms with E-state index in [0.29, 0.717) is 5.02 Å². The highest BCUT2D eigenvalue weighted by molar-refractivity contribution is 6.36. The molecule has 2 rings (SSSR count). The fraction of sp³-hybridized carbons (Fsp3) is 0.176. The number of hydrogen-bond donors (Lipinski definition) is 3. The van der Waals surface area contributed by atoms with Crippen molar-refractivity contribution in [2.45, 2.75) is 0 Å². The number of carbonyl (C=O) groups is 2. The monoisotopic (exact) mass is 427 g/mol. The van der Waals surface area contributed by atoms with Gasteiger partial charge in [0, 0.05) is 29.4 Å². The van der Waals surface area contributed by atoms with Gasteiger partial charge in [-0.1, -0.05) is 23.2 Å². The second-order valence-corrected chi connectivity index (χ2v) is 6.23. The number of carbonyl (C=O) groups excluding carboxylic acids is 2. The molecule has 0 fully saturated rings. The zero-order valence-corrected chi connectivity index (χ0v) is 15.8. The number of ether oxygens (including phenoxy) is 1. The lowest BCUT2D eigenvalue weighted by molar-refractivity contribution is -0.384. The smallest absolute Gasteiger partial charge is 0.341 e. The number of nitrogens with one attached hydrogen (secondary N) is 2. The minimum atomic E-state index is -0.943. The molecule has 0 aliphatic rings. The molecule has 0 spiro atoms. The van der Waals surface area contributed by atoms with Crippen LogP contribution in [0.1, 0.15) is 10.4 Å². The lowest BCUT2D eigenvalue weighted by Gasteiger charge is -2.11. The molecule has 9 nitrogen and oxygen atoms in total. The van der Waals surface area contributed by atoms with Crippen molar-refractivity contribution >= 4 is 52.1 Å². The first kappa shape index (κ1) is 21.4. The highest BCUT2D eigenvalue weighted by Crippen LogP contribution is 2.25. The summed E-state index contributed by atoms with van der Waals surface area (Å²) in [5.74, 6) is -1.60. The Bertz CT molecular complexity index is 906. The third kappa shape index (κ3) is 5.81. The predicted octanol–water partition coefficient (Wildman–Crippen LogP) is 3.10. The molecule has 0 aromatic heterocycles. The fourth-order valence-corrected chi connectivity index (χ4v) is 2.60. The van der Waals surface area contributed by atoms with E-state index < -0.39 is 23.4 Å². The van der Waals surface area contributed by atoms with E-state index in [1.54, 1.807) is 0 Å². The molecule has 0 unspecified atom stereocenters. The fourth-order valence-electron chi connectivity index (χ4n) is 2.15. The number of amides is 1. The van der Waals surface area contributed by atoms with E-state index in [-0.39, 0.29) is 40.8 Å². The number of anilines is 2. The highest BCUT2D eigenvalue weighted by Gasteiger charge is 2.19. The van der Waals surface area contributed by atoms with Crippen molar-refractivity contribution in [3.63, 3.8) is 0 Å². The Morgan fingerprint density at radius 2 is 1.86 bits per heavy atom. The minimum Gasteiger partial charge on any atom is -0.452 e. The number of nitro benzene ring substituents is 1. The normalized spacial score (nSPS) is 10.2. The van der Waals surface area contributed by atoms with Gasteiger partial charge < -0.3 is 20.5 Å². The summed E-state index contributed by atoms with van der Waals surface area (Å²) in [6.07, 6.45) is 0. The molecule has 0 heterocycles. The van der Waals surface area contributed by atoms with Crippen molar-refractivity contribution in [3.8, 4) is 0 Å². The van der Waals surface area contributed by atoms with Gasteiger partial charge in [0.1, 0.15) is 0 Å². The van der Waals surface area contributed by atoms with E-state index in [4.69, 9.17) is 33.0 Å². The van der Waals surface area contributed by atoms with E-state index in [0.717, 1.165) is 6.07 Å². The maximum atomic E-state index is 12.3. The number of aliphatic hydroxyl groups is 1. The molecule has 3 N–H and O–H groups in total. The maximum absolute atomic E-state index is 12.3. The number of halogens is 2. The zero-order valence-electron chi connectivity index (χ0n) is 14.3. The Balaban J connectivity index is 2.07. The Morgan fingerprint density at radius 3 is 2.50 bits per heavy atom. The van der Waals surface area contributed by atoms with E-state index >= 15 is 0 Å². The number of nitrogens with zero attached hydrogens (tertiary/aromatic N) is 1. The lowest BCUT2D eigenvalue weighted by atomic mass is 10.1. The summed E-state index contributed by atoms with van der Waals surface area (Å²) < 4.78 is 4.94. The molecular formula is C17H15Cl2N3O6.